The van der Waals surface area contributed by atoms with Crippen molar-refractivity contribution in [2.24, 2.45) is 5.16 Å². The third-order valence-corrected chi connectivity index (χ3v) is 7.52. The summed E-state index contributed by atoms with van der Waals surface area (Å²) in [6, 6.07) is 3.12. The number of halogens is 5. The number of carbonyl (C=O) groups is 1. The van der Waals surface area contributed by atoms with E-state index in [0.29, 0.717) is 42.1 Å². The van der Waals surface area contributed by atoms with Crippen LogP contribution in [-0.2, 0) is 22.4 Å². The second kappa shape index (κ2) is 9.84. The molecule has 13 heteroatoms. The van der Waals surface area contributed by atoms with E-state index in [1.807, 2.05) is 0 Å². The topological polar surface area (TPSA) is 72.6 Å². The number of alkyl halides is 3. The van der Waals surface area contributed by atoms with Gasteiger partial charge < -0.3 is 14.5 Å². The lowest BCUT2D eigenvalue weighted by molar-refractivity contribution is -0.141. The number of nitrogens with zero attached hydrogens (tertiary/aromatic N) is 5. The molecule has 0 N–H and O–H groups in total. The number of anilines is 1. The van der Waals surface area contributed by atoms with Crippen molar-refractivity contribution in [3.8, 4) is 0 Å². The lowest BCUT2D eigenvalue weighted by atomic mass is 10.0. The summed E-state index contributed by atoms with van der Waals surface area (Å²) in [4.78, 5) is 22.6. The highest BCUT2D eigenvalue weighted by Gasteiger charge is 2.42. The van der Waals surface area contributed by atoms with Crippen LogP contribution in [0.2, 0.25) is 0 Å². The molecule has 5 rings (SSSR count). The Hall–Kier alpha value is -3.35. The van der Waals surface area contributed by atoms with Gasteiger partial charge in [0, 0.05) is 18.3 Å². The maximum Gasteiger partial charge on any atom is 0.437 e. The van der Waals surface area contributed by atoms with Crippen LogP contribution < -0.4 is 4.90 Å². The molecule has 0 aliphatic carbocycles. The van der Waals surface area contributed by atoms with Crippen molar-refractivity contribution in [3.63, 3.8) is 0 Å². The fourth-order valence-corrected chi connectivity index (χ4v) is 5.83. The number of oxime groups is 1. The van der Waals surface area contributed by atoms with Gasteiger partial charge in [0.05, 0.1) is 35.2 Å². The standard InChI is InChI=1S/C24H22F5N5O2S/c1-13-21(22(24(27,28)29)31-34(13)9-10-35)33-8-3-2-7-18(33)23-30-17(12-37-23)16-11-19(36-32-16)20-14(25)5-4-6-15(20)26/h4-6,10,12,18-19H,2-3,7-9,11H2,1H3/t18?,19-/m0/s1. The van der Waals surface area contributed by atoms with Crippen LogP contribution >= 0.6 is 11.3 Å². The average Bonchev–Trinajstić information content (AvgIpc) is 3.59. The van der Waals surface area contributed by atoms with Crippen LogP contribution in [0.4, 0.5) is 27.6 Å². The van der Waals surface area contributed by atoms with E-state index in [0.717, 1.165) is 23.2 Å². The van der Waals surface area contributed by atoms with Crippen LogP contribution in [0.25, 0.3) is 0 Å². The minimum Gasteiger partial charge on any atom is -0.387 e. The molecule has 2 aliphatic rings. The number of hydrogen-bond donors (Lipinski definition) is 0. The van der Waals surface area contributed by atoms with Gasteiger partial charge in [0.1, 0.15) is 28.6 Å². The Morgan fingerprint density at radius 3 is 2.68 bits per heavy atom. The summed E-state index contributed by atoms with van der Waals surface area (Å²) in [6.45, 7) is 1.61. The van der Waals surface area contributed by atoms with E-state index in [1.165, 1.54) is 24.3 Å². The molecule has 0 bridgehead atoms. The third-order valence-electron chi connectivity index (χ3n) is 6.57. The van der Waals surface area contributed by atoms with E-state index in [9.17, 15) is 26.7 Å². The molecule has 2 aromatic heterocycles. The minimum absolute atomic E-state index is 0.0487. The lowest BCUT2D eigenvalue weighted by Crippen LogP contribution is -2.35. The average molecular weight is 540 g/mol. The molecular formula is C24H22F5N5O2S. The zero-order valence-electron chi connectivity index (χ0n) is 19.6. The summed E-state index contributed by atoms with van der Waals surface area (Å²) in [5.41, 5.74) is -0.173. The highest BCUT2D eigenvalue weighted by molar-refractivity contribution is 7.10. The Morgan fingerprint density at radius 1 is 1.22 bits per heavy atom. The predicted molar refractivity (Wildman–Crippen MR) is 125 cm³/mol. The van der Waals surface area contributed by atoms with Crippen LogP contribution in [0.15, 0.2) is 28.7 Å². The SMILES string of the molecule is Cc1c(N2CCCCC2c2nc(C3=NO[C@H](c4c(F)cccc4F)C3)cs2)c(C(F)(F)F)nn1CC=O. The van der Waals surface area contributed by atoms with Crippen molar-refractivity contribution in [2.45, 2.75) is 57.5 Å². The summed E-state index contributed by atoms with van der Waals surface area (Å²) >= 11 is 1.28. The molecule has 4 heterocycles. The molecule has 0 saturated carbocycles. The number of aldehydes is 1. The van der Waals surface area contributed by atoms with Crippen LogP contribution in [-0.4, -0.2) is 33.3 Å². The first kappa shape index (κ1) is 25.3. The molecule has 0 spiro atoms. The van der Waals surface area contributed by atoms with Gasteiger partial charge in [0.15, 0.2) is 11.8 Å². The van der Waals surface area contributed by atoms with Gasteiger partial charge in [-0.1, -0.05) is 11.2 Å². The number of aromatic nitrogens is 3. The first-order chi connectivity index (χ1) is 17.7. The van der Waals surface area contributed by atoms with E-state index in [1.54, 1.807) is 10.3 Å². The molecule has 1 aromatic carbocycles. The van der Waals surface area contributed by atoms with E-state index in [4.69, 9.17) is 4.84 Å². The number of carbonyl (C=O) groups excluding carboxylic acids is 1. The van der Waals surface area contributed by atoms with E-state index >= 15 is 0 Å². The Kier molecular flexibility index (Phi) is 6.73. The second-order valence-corrected chi connectivity index (χ2v) is 9.77. The van der Waals surface area contributed by atoms with E-state index in [-0.39, 0.29) is 29.9 Å². The van der Waals surface area contributed by atoms with Crippen molar-refractivity contribution in [1.82, 2.24) is 14.8 Å². The Labute approximate surface area is 212 Å². The van der Waals surface area contributed by atoms with Crippen molar-refractivity contribution >= 4 is 29.0 Å². The number of rotatable bonds is 6. The number of benzene rings is 1. The maximum atomic E-state index is 14.2. The molecule has 0 radical (unpaired) electrons. The van der Waals surface area contributed by atoms with Gasteiger partial charge in [-0.3, -0.25) is 4.68 Å². The molecule has 3 aromatic rings. The molecular weight excluding hydrogens is 517 g/mol. The van der Waals surface area contributed by atoms with Gasteiger partial charge >= 0.3 is 6.18 Å². The quantitative estimate of drug-likeness (QED) is 0.295. The van der Waals surface area contributed by atoms with Gasteiger partial charge in [0.25, 0.3) is 0 Å². The van der Waals surface area contributed by atoms with Gasteiger partial charge in [0.2, 0.25) is 0 Å². The fraction of sp³-hybridized carbons (Fsp3) is 0.417. The largest absolute Gasteiger partial charge is 0.437 e. The third kappa shape index (κ3) is 4.72. The summed E-state index contributed by atoms with van der Waals surface area (Å²) in [5, 5.41) is 9.99. The lowest BCUT2D eigenvalue weighted by Gasteiger charge is -2.36. The van der Waals surface area contributed by atoms with E-state index in [2.05, 4.69) is 15.2 Å². The molecule has 0 amide bonds. The Bertz CT molecular complexity index is 1330. The highest BCUT2D eigenvalue weighted by Crippen LogP contribution is 2.44. The fourth-order valence-electron chi connectivity index (χ4n) is 4.85. The van der Waals surface area contributed by atoms with Crippen LogP contribution in [0, 0.1) is 18.6 Å². The van der Waals surface area contributed by atoms with Gasteiger partial charge in [-0.25, -0.2) is 13.8 Å². The van der Waals surface area contributed by atoms with Crippen molar-refractivity contribution in [3.05, 3.63) is 62.9 Å². The van der Waals surface area contributed by atoms with Crippen molar-refractivity contribution in [2.75, 3.05) is 11.4 Å². The number of hydrogen-bond acceptors (Lipinski definition) is 7. The molecule has 37 heavy (non-hydrogen) atoms. The molecule has 1 saturated heterocycles. The first-order valence-electron chi connectivity index (χ1n) is 11.7. The zero-order valence-corrected chi connectivity index (χ0v) is 20.5. The van der Waals surface area contributed by atoms with Gasteiger partial charge in [-0.05, 0) is 38.3 Å². The molecule has 196 valence electrons. The predicted octanol–water partition coefficient (Wildman–Crippen LogP) is 5.74. The monoisotopic (exact) mass is 539 g/mol. The Balaban J connectivity index is 1.43. The van der Waals surface area contributed by atoms with Crippen molar-refractivity contribution in [1.29, 1.82) is 0 Å². The molecule has 2 atom stereocenters. The second-order valence-electron chi connectivity index (χ2n) is 8.88. The van der Waals surface area contributed by atoms with E-state index < -0.39 is 35.7 Å². The summed E-state index contributed by atoms with van der Waals surface area (Å²) in [5.74, 6) is -1.46. The number of thiazole rings is 1. The van der Waals surface area contributed by atoms with Gasteiger partial charge in [-0.2, -0.15) is 18.3 Å². The Morgan fingerprint density at radius 2 is 1.97 bits per heavy atom. The van der Waals surface area contributed by atoms with Gasteiger partial charge in [-0.15, -0.1) is 11.3 Å². The summed E-state index contributed by atoms with van der Waals surface area (Å²) < 4.78 is 71.2. The minimum atomic E-state index is -4.70. The molecule has 2 aliphatic heterocycles. The summed E-state index contributed by atoms with van der Waals surface area (Å²) in [7, 11) is 0. The van der Waals surface area contributed by atoms with Crippen LogP contribution in [0.3, 0.4) is 0 Å². The smallest absolute Gasteiger partial charge is 0.387 e. The highest BCUT2D eigenvalue weighted by atomic mass is 32.1. The number of piperidine rings is 1. The molecule has 1 unspecified atom stereocenters. The molecule has 7 nitrogen and oxygen atoms in total. The maximum absolute atomic E-state index is 14.2. The normalized spacial score (nSPS) is 20.2. The summed E-state index contributed by atoms with van der Waals surface area (Å²) in [6.07, 6.45) is -2.95. The zero-order chi connectivity index (χ0) is 26.3. The molecule has 1 fully saturated rings. The first-order valence-corrected chi connectivity index (χ1v) is 12.5. The van der Waals surface area contributed by atoms with Crippen molar-refractivity contribution < 1.29 is 31.6 Å². The van der Waals surface area contributed by atoms with Crippen LogP contribution in [0.5, 0.6) is 0 Å². The van der Waals surface area contributed by atoms with Crippen LogP contribution in [0.1, 0.15) is 65.5 Å².